The Bertz CT molecular complexity index is 629. The highest BCUT2D eigenvalue weighted by Crippen LogP contribution is 2.33. The van der Waals surface area contributed by atoms with Crippen LogP contribution in [0.2, 0.25) is 0 Å². The first-order chi connectivity index (χ1) is 10.8. The van der Waals surface area contributed by atoms with Crippen molar-refractivity contribution in [2.75, 3.05) is 29.4 Å². The molecule has 2 aliphatic rings. The predicted octanol–water partition coefficient (Wildman–Crippen LogP) is 1.94. The second-order valence-corrected chi connectivity index (χ2v) is 6.91. The summed E-state index contributed by atoms with van der Waals surface area (Å²) in [5, 5.41) is 0. The van der Waals surface area contributed by atoms with Crippen LogP contribution in [0.4, 0.5) is 16.4 Å². The molecule has 0 bridgehead atoms. The van der Waals surface area contributed by atoms with E-state index in [1.54, 1.807) is 4.90 Å². The summed E-state index contributed by atoms with van der Waals surface area (Å²) in [7, 11) is 0. The first-order valence-electron chi connectivity index (χ1n) is 7.96. The molecule has 1 saturated heterocycles. The summed E-state index contributed by atoms with van der Waals surface area (Å²) in [4.78, 5) is 36.1. The van der Waals surface area contributed by atoms with E-state index in [1.807, 2.05) is 20.8 Å². The van der Waals surface area contributed by atoms with Gasteiger partial charge >= 0.3 is 6.09 Å². The largest absolute Gasteiger partial charge is 0.443 e. The van der Waals surface area contributed by atoms with Gasteiger partial charge in [0.05, 0.1) is 0 Å². The van der Waals surface area contributed by atoms with Crippen LogP contribution < -0.4 is 9.80 Å². The molecule has 0 N–H and O–H groups in total. The van der Waals surface area contributed by atoms with E-state index < -0.39 is 5.60 Å². The molecular weight excluding hydrogens is 296 g/mol. The Morgan fingerprint density at radius 2 is 1.74 bits per heavy atom. The van der Waals surface area contributed by atoms with Gasteiger partial charge in [-0.2, -0.15) is 0 Å². The Labute approximate surface area is 135 Å². The van der Waals surface area contributed by atoms with Crippen LogP contribution in [0, 0.1) is 0 Å². The first kappa shape index (κ1) is 15.7. The summed E-state index contributed by atoms with van der Waals surface area (Å²) in [6, 6.07) is 0. The van der Waals surface area contributed by atoms with Crippen LogP contribution in [0.25, 0.3) is 0 Å². The van der Waals surface area contributed by atoms with Gasteiger partial charge in [0.25, 0.3) is 0 Å². The Kier molecular flexibility index (Phi) is 3.95. The first-order valence-corrected chi connectivity index (χ1v) is 7.96. The number of hydrogen-bond acceptors (Lipinski definition) is 6. The zero-order valence-electron chi connectivity index (χ0n) is 13.8. The number of anilines is 2. The van der Waals surface area contributed by atoms with Gasteiger partial charge in [-0.3, -0.25) is 9.69 Å². The quantitative estimate of drug-likeness (QED) is 0.788. The van der Waals surface area contributed by atoms with Gasteiger partial charge in [-0.25, -0.2) is 14.8 Å². The highest BCUT2D eigenvalue weighted by atomic mass is 16.6. The molecule has 7 heteroatoms. The molecule has 0 radical (unpaired) electrons. The van der Waals surface area contributed by atoms with Crippen molar-refractivity contribution in [3.05, 3.63) is 11.9 Å². The fourth-order valence-corrected chi connectivity index (χ4v) is 2.92. The number of ketones is 1. The molecule has 1 fully saturated rings. The molecule has 3 heterocycles. The Morgan fingerprint density at radius 3 is 2.39 bits per heavy atom. The van der Waals surface area contributed by atoms with E-state index >= 15 is 0 Å². The van der Waals surface area contributed by atoms with Gasteiger partial charge < -0.3 is 9.64 Å². The average Bonchev–Trinajstić information content (AvgIpc) is 2.90. The van der Waals surface area contributed by atoms with Gasteiger partial charge in [-0.1, -0.05) is 0 Å². The third kappa shape index (κ3) is 3.28. The van der Waals surface area contributed by atoms with E-state index in [1.165, 1.54) is 6.33 Å². The highest BCUT2D eigenvalue weighted by Gasteiger charge is 2.33. The summed E-state index contributed by atoms with van der Waals surface area (Å²) in [5.74, 6) is 1.76. The third-order valence-electron chi connectivity index (χ3n) is 3.98. The van der Waals surface area contributed by atoms with Crippen molar-refractivity contribution in [1.29, 1.82) is 0 Å². The van der Waals surface area contributed by atoms with E-state index in [-0.39, 0.29) is 6.09 Å². The normalized spacial score (nSPS) is 18.1. The lowest BCUT2D eigenvalue weighted by molar-refractivity contribution is -0.119. The van der Waals surface area contributed by atoms with Crippen molar-refractivity contribution >= 4 is 23.5 Å². The fourth-order valence-electron chi connectivity index (χ4n) is 2.92. The van der Waals surface area contributed by atoms with Crippen molar-refractivity contribution in [3.63, 3.8) is 0 Å². The van der Waals surface area contributed by atoms with Gasteiger partial charge in [0.2, 0.25) is 0 Å². The maximum absolute atomic E-state index is 12.3. The van der Waals surface area contributed by atoms with Crippen LogP contribution in [0.5, 0.6) is 0 Å². The predicted molar refractivity (Wildman–Crippen MR) is 85.8 cm³/mol. The average molecular weight is 318 g/mol. The molecular formula is C16H22N4O3. The molecule has 0 spiro atoms. The second kappa shape index (κ2) is 5.79. The van der Waals surface area contributed by atoms with E-state index in [9.17, 15) is 9.59 Å². The number of rotatable bonds is 1. The zero-order valence-corrected chi connectivity index (χ0v) is 13.8. The Balaban J connectivity index is 1.83. The monoisotopic (exact) mass is 318 g/mol. The molecule has 0 saturated carbocycles. The molecule has 1 amide bonds. The maximum atomic E-state index is 12.3. The van der Waals surface area contributed by atoms with Gasteiger partial charge in [0.15, 0.2) is 0 Å². The van der Waals surface area contributed by atoms with Gasteiger partial charge in [-0.15, -0.1) is 0 Å². The number of aromatic nitrogens is 2. The molecule has 1 aromatic rings. The van der Waals surface area contributed by atoms with E-state index in [2.05, 4.69) is 14.9 Å². The minimum absolute atomic E-state index is 0.294. The van der Waals surface area contributed by atoms with Crippen molar-refractivity contribution in [2.24, 2.45) is 0 Å². The lowest BCUT2D eigenvalue weighted by atomic mass is 10.1. The van der Waals surface area contributed by atoms with Crippen LogP contribution >= 0.6 is 0 Å². The Morgan fingerprint density at radius 1 is 1.09 bits per heavy atom. The molecule has 0 atom stereocenters. The molecule has 0 aromatic carbocycles. The topological polar surface area (TPSA) is 75.6 Å². The molecule has 1 aromatic heterocycles. The number of piperidine rings is 1. The van der Waals surface area contributed by atoms with Crippen molar-refractivity contribution < 1.29 is 14.3 Å². The number of fused-ring (bicyclic) bond motifs is 1. The van der Waals surface area contributed by atoms with Gasteiger partial charge in [0, 0.05) is 38.0 Å². The zero-order chi connectivity index (χ0) is 16.6. The molecule has 23 heavy (non-hydrogen) atoms. The van der Waals surface area contributed by atoms with E-state index in [0.717, 1.165) is 11.4 Å². The number of hydrogen-bond donors (Lipinski definition) is 0. The standard InChI is InChI=1S/C16H22N4O3/c1-16(2,3)23-15(22)20-9-6-12-13(17-10-18-14(12)20)19-7-4-11(21)5-8-19/h10H,4-9H2,1-3H3. The number of carbonyl (C=O) groups excluding carboxylic acids is 2. The minimum Gasteiger partial charge on any atom is -0.443 e. The van der Waals surface area contributed by atoms with Crippen LogP contribution in [-0.2, 0) is 16.0 Å². The van der Waals surface area contributed by atoms with Gasteiger partial charge in [0.1, 0.15) is 29.3 Å². The molecule has 124 valence electrons. The van der Waals surface area contributed by atoms with Crippen molar-refractivity contribution in [2.45, 2.75) is 45.6 Å². The molecule has 0 unspecified atom stereocenters. The summed E-state index contributed by atoms with van der Waals surface area (Å²) in [5.41, 5.74) is 0.427. The Hall–Kier alpha value is -2.18. The van der Waals surface area contributed by atoms with E-state index in [0.29, 0.717) is 50.5 Å². The van der Waals surface area contributed by atoms with Crippen LogP contribution in [-0.4, -0.2) is 47.1 Å². The van der Waals surface area contributed by atoms with Crippen LogP contribution in [0.1, 0.15) is 39.2 Å². The molecule has 7 nitrogen and oxygen atoms in total. The lowest BCUT2D eigenvalue weighted by Gasteiger charge is -2.28. The third-order valence-corrected chi connectivity index (χ3v) is 3.98. The lowest BCUT2D eigenvalue weighted by Crippen LogP contribution is -2.36. The number of nitrogens with zero attached hydrogens (tertiary/aromatic N) is 4. The number of Topliss-reactive ketones (excluding diaryl/α,β-unsaturated/α-hetero) is 1. The second-order valence-electron chi connectivity index (χ2n) is 6.91. The summed E-state index contributed by atoms with van der Waals surface area (Å²) >= 11 is 0. The maximum Gasteiger partial charge on any atom is 0.416 e. The smallest absolute Gasteiger partial charge is 0.416 e. The highest BCUT2D eigenvalue weighted by molar-refractivity contribution is 5.90. The van der Waals surface area contributed by atoms with Crippen LogP contribution in [0.15, 0.2) is 6.33 Å². The van der Waals surface area contributed by atoms with E-state index in [4.69, 9.17) is 4.74 Å². The summed E-state index contributed by atoms with van der Waals surface area (Å²) in [6.45, 7) is 7.43. The number of carbonyl (C=O) groups is 2. The minimum atomic E-state index is -0.539. The molecule has 0 aliphatic carbocycles. The van der Waals surface area contributed by atoms with Crippen molar-refractivity contribution in [3.8, 4) is 0 Å². The summed E-state index contributed by atoms with van der Waals surface area (Å²) < 4.78 is 5.45. The summed E-state index contributed by atoms with van der Waals surface area (Å²) in [6.07, 6.45) is 2.90. The number of ether oxygens (including phenoxy) is 1. The molecule has 2 aliphatic heterocycles. The molecule has 3 rings (SSSR count). The number of amides is 1. The van der Waals surface area contributed by atoms with Gasteiger partial charge in [-0.05, 0) is 27.2 Å². The SMILES string of the molecule is CC(C)(C)OC(=O)N1CCc2c(N3CCC(=O)CC3)ncnc21. The van der Waals surface area contributed by atoms with Crippen LogP contribution in [0.3, 0.4) is 0 Å². The van der Waals surface area contributed by atoms with Crippen molar-refractivity contribution in [1.82, 2.24) is 9.97 Å². The fraction of sp³-hybridized carbons (Fsp3) is 0.625.